The van der Waals surface area contributed by atoms with Crippen molar-refractivity contribution in [2.45, 2.75) is 12.8 Å². The fourth-order valence-electron chi connectivity index (χ4n) is 3.07. The van der Waals surface area contributed by atoms with Crippen molar-refractivity contribution in [1.82, 2.24) is 20.5 Å². The molecular weight excluding hydrogens is 436 g/mol. The second kappa shape index (κ2) is 9.02. The maximum absolute atomic E-state index is 14.0. The number of nitrogens with two attached hydrogens (primary N) is 1. The number of anilines is 1. The Labute approximate surface area is 179 Å². The first kappa shape index (κ1) is 22.7. The number of thiazole rings is 1. The van der Waals surface area contributed by atoms with Crippen molar-refractivity contribution in [2.24, 2.45) is 0 Å². The molecular formula is C19H20F4N6OS. The Morgan fingerprint density at radius 1 is 1.39 bits per heavy atom. The van der Waals surface area contributed by atoms with Crippen molar-refractivity contribution in [3.8, 4) is 10.6 Å². The Bertz CT molecular complexity index is 1020. The van der Waals surface area contributed by atoms with Crippen molar-refractivity contribution in [3.63, 3.8) is 0 Å². The van der Waals surface area contributed by atoms with Crippen LogP contribution in [0.4, 0.5) is 22.6 Å². The lowest BCUT2D eigenvalue weighted by atomic mass is 10.2. The minimum atomic E-state index is -2.98. The molecule has 12 heteroatoms. The molecule has 0 saturated carbocycles. The van der Waals surface area contributed by atoms with Gasteiger partial charge in [0, 0.05) is 25.0 Å². The lowest BCUT2D eigenvalue weighted by Gasteiger charge is -2.27. The standard InChI is InChI=1S/C19H20F4N6OS/c1-10(29-6-5-26-8-19(22,23)9-29)13(7-24)27-17(30)15-16(25)31-18(28-15)14-11(20)3-2-4-12(14)21/h2-4,7,24,26H,5-6,8-9,25H2,1H3,(H,27,30)/b13-10-,24-7?. The lowest BCUT2D eigenvalue weighted by Crippen LogP contribution is -2.39. The fraction of sp³-hybridized carbons (Fsp3) is 0.316. The highest BCUT2D eigenvalue weighted by Crippen LogP contribution is 2.33. The van der Waals surface area contributed by atoms with Crippen molar-refractivity contribution in [1.29, 1.82) is 5.41 Å². The molecule has 1 aliphatic rings. The molecule has 0 unspecified atom stereocenters. The zero-order valence-corrected chi connectivity index (χ0v) is 17.3. The summed E-state index contributed by atoms with van der Waals surface area (Å²) in [5.74, 6) is -5.51. The van der Waals surface area contributed by atoms with Gasteiger partial charge in [0.2, 0.25) is 0 Å². The summed E-state index contributed by atoms with van der Waals surface area (Å²) >= 11 is 0.733. The molecule has 0 spiro atoms. The topological polar surface area (TPSA) is 107 Å². The molecule has 1 aliphatic heterocycles. The Morgan fingerprint density at radius 2 is 2.06 bits per heavy atom. The van der Waals surface area contributed by atoms with Crippen LogP contribution >= 0.6 is 11.3 Å². The minimum absolute atomic E-state index is 0.0197. The zero-order chi connectivity index (χ0) is 22.8. The third kappa shape index (κ3) is 5.02. The second-order valence-corrected chi connectivity index (χ2v) is 7.91. The van der Waals surface area contributed by atoms with E-state index in [9.17, 15) is 22.4 Å². The summed E-state index contributed by atoms with van der Waals surface area (Å²) in [6.45, 7) is 1.03. The molecule has 0 aliphatic carbocycles. The first-order valence-electron chi connectivity index (χ1n) is 9.20. The molecule has 5 N–H and O–H groups in total. The number of hydrogen-bond donors (Lipinski definition) is 4. The Hall–Kier alpha value is -2.99. The summed E-state index contributed by atoms with van der Waals surface area (Å²) in [5, 5.41) is 12.5. The normalized spacial score (nSPS) is 17.0. The van der Waals surface area contributed by atoms with E-state index in [4.69, 9.17) is 11.1 Å². The highest BCUT2D eigenvalue weighted by Gasteiger charge is 2.34. The number of hydrogen-bond acceptors (Lipinski definition) is 7. The number of nitrogens with zero attached hydrogens (tertiary/aromatic N) is 2. The van der Waals surface area contributed by atoms with Gasteiger partial charge in [0.1, 0.15) is 21.6 Å². The van der Waals surface area contributed by atoms with Gasteiger partial charge in [-0.3, -0.25) is 4.79 Å². The highest BCUT2D eigenvalue weighted by molar-refractivity contribution is 7.19. The molecule has 1 amide bonds. The third-order valence-corrected chi connectivity index (χ3v) is 5.57. The van der Waals surface area contributed by atoms with Crippen molar-refractivity contribution >= 4 is 28.5 Å². The third-order valence-electron chi connectivity index (χ3n) is 4.67. The minimum Gasteiger partial charge on any atom is -0.389 e. The molecule has 1 saturated heterocycles. The molecule has 0 radical (unpaired) electrons. The van der Waals surface area contributed by atoms with E-state index in [1.54, 1.807) is 0 Å². The van der Waals surface area contributed by atoms with Gasteiger partial charge in [-0.05, 0) is 19.1 Å². The van der Waals surface area contributed by atoms with Crippen LogP contribution < -0.4 is 16.4 Å². The summed E-state index contributed by atoms with van der Waals surface area (Å²) in [6.07, 6.45) is 0.823. The number of amides is 1. The van der Waals surface area contributed by atoms with E-state index in [1.807, 2.05) is 0 Å². The van der Waals surface area contributed by atoms with E-state index in [0.717, 1.165) is 29.7 Å². The highest BCUT2D eigenvalue weighted by atomic mass is 32.1. The summed E-state index contributed by atoms with van der Waals surface area (Å²) in [5.41, 5.74) is 5.39. The molecule has 31 heavy (non-hydrogen) atoms. The van der Waals surface area contributed by atoms with Crippen LogP contribution in [-0.2, 0) is 0 Å². The number of halogens is 4. The molecule has 1 fully saturated rings. The number of nitrogen functional groups attached to an aromatic ring is 1. The van der Waals surface area contributed by atoms with Gasteiger partial charge < -0.3 is 26.7 Å². The molecule has 2 heterocycles. The number of carbonyl (C=O) groups excluding carboxylic acids is 1. The van der Waals surface area contributed by atoms with E-state index < -0.39 is 42.1 Å². The van der Waals surface area contributed by atoms with Crippen LogP contribution in [-0.4, -0.2) is 54.1 Å². The van der Waals surface area contributed by atoms with Gasteiger partial charge in [-0.1, -0.05) is 17.4 Å². The SMILES string of the molecule is C/C(=C(\C=N)NC(=O)c1nc(-c2c(F)cccc2F)sc1N)N1CCNCC(F)(F)C1. The number of carbonyl (C=O) groups is 1. The number of nitrogens with one attached hydrogen (secondary N) is 3. The molecule has 1 aromatic heterocycles. The van der Waals surface area contributed by atoms with Crippen LogP contribution in [0.25, 0.3) is 10.6 Å². The average molecular weight is 456 g/mol. The van der Waals surface area contributed by atoms with Crippen LogP contribution in [0.5, 0.6) is 0 Å². The van der Waals surface area contributed by atoms with Crippen LogP contribution in [0.3, 0.4) is 0 Å². The van der Waals surface area contributed by atoms with E-state index in [-0.39, 0.29) is 33.6 Å². The number of alkyl halides is 2. The summed E-state index contributed by atoms with van der Waals surface area (Å²) in [6, 6.07) is 3.31. The summed E-state index contributed by atoms with van der Waals surface area (Å²) in [4.78, 5) is 18.0. The maximum atomic E-state index is 14.0. The van der Waals surface area contributed by atoms with E-state index in [1.165, 1.54) is 17.9 Å². The van der Waals surface area contributed by atoms with E-state index >= 15 is 0 Å². The van der Waals surface area contributed by atoms with Crippen molar-refractivity contribution < 1.29 is 22.4 Å². The van der Waals surface area contributed by atoms with Gasteiger partial charge in [-0.15, -0.1) is 0 Å². The van der Waals surface area contributed by atoms with Gasteiger partial charge in [-0.2, -0.15) is 0 Å². The average Bonchev–Trinajstić information content (AvgIpc) is 2.98. The number of aromatic nitrogens is 1. The number of rotatable bonds is 5. The second-order valence-electron chi connectivity index (χ2n) is 6.88. The first-order valence-corrected chi connectivity index (χ1v) is 10.0. The first-order chi connectivity index (χ1) is 14.6. The fourth-order valence-corrected chi connectivity index (χ4v) is 3.95. The van der Waals surface area contributed by atoms with Gasteiger partial charge in [0.15, 0.2) is 5.69 Å². The van der Waals surface area contributed by atoms with Crippen LogP contribution in [0.2, 0.25) is 0 Å². The largest absolute Gasteiger partial charge is 0.389 e. The van der Waals surface area contributed by atoms with Crippen LogP contribution in [0.15, 0.2) is 29.6 Å². The van der Waals surface area contributed by atoms with Crippen LogP contribution in [0, 0.1) is 17.0 Å². The Balaban J connectivity index is 1.87. The Kier molecular flexibility index (Phi) is 6.60. The van der Waals surface area contributed by atoms with Gasteiger partial charge in [-0.25, -0.2) is 22.5 Å². The van der Waals surface area contributed by atoms with Gasteiger partial charge >= 0.3 is 0 Å². The molecule has 0 atom stereocenters. The predicted octanol–water partition coefficient (Wildman–Crippen LogP) is 2.82. The van der Waals surface area contributed by atoms with E-state index in [2.05, 4.69) is 15.6 Å². The molecule has 0 bridgehead atoms. The summed E-state index contributed by atoms with van der Waals surface area (Å²) < 4.78 is 55.8. The smallest absolute Gasteiger partial charge is 0.277 e. The Morgan fingerprint density at radius 3 is 2.71 bits per heavy atom. The molecule has 2 aromatic rings. The molecule has 166 valence electrons. The monoisotopic (exact) mass is 456 g/mol. The summed E-state index contributed by atoms with van der Waals surface area (Å²) in [7, 11) is 0. The number of allylic oxidation sites excluding steroid dienone is 2. The maximum Gasteiger partial charge on any atom is 0.277 e. The predicted molar refractivity (Wildman–Crippen MR) is 110 cm³/mol. The molecule has 3 rings (SSSR count). The molecule has 1 aromatic carbocycles. The lowest BCUT2D eigenvalue weighted by molar-refractivity contribution is -0.0118. The van der Waals surface area contributed by atoms with Gasteiger partial charge in [0.25, 0.3) is 11.8 Å². The van der Waals surface area contributed by atoms with Crippen LogP contribution in [0.1, 0.15) is 17.4 Å². The zero-order valence-electron chi connectivity index (χ0n) is 16.4. The van der Waals surface area contributed by atoms with Crippen molar-refractivity contribution in [3.05, 3.63) is 46.9 Å². The van der Waals surface area contributed by atoms with Gasteiger partial charge in [0.05, 0.1) is 24.4 Å². The number of benzene rings is 1. The quantitative estimate of drug-likeness (QED) is 0.409. The van der Waals surface area contributed by atoms with Crippen molar-refractivity contribution in [2.75, 3.05) is 31.9 Å². The van der Waals surface area contributed by atoms with E-state index in [0.29, 0.717) is 6.54 Å². The molecule has 7 nitrogen and oxygen atoms in total.